The molecule has 1 N–H and O–H groups in total. The van der Waals surface area contributed by atoms with Gasteiger partial charge in [0.25, 0.3) is 5.56 Å². The lowest BCUT2D eigenvalue weighted by Gasteiger charge is -2.12. The van der Waals surface area contributed by atoms with Crippen molar-refractivity contribution in [3.63, 3.8) is 0 Å². The van der Waals surface area contributed by atoms with Crippen LogP contribution in [0.15, 0.2) is 40.9 Å². The standard InChI is InChI=1S/C18H14N2O3S2/c1-10(21)23-12-7-8-13-14(9-12)25-16-15(13)17(22)20(18(24)19-16)11-5-3-2-4-6-11/h2-6,9H,7-8H2,1H3,(H,19,24). The number of nitrogens with zero attached hydrogens (tertiary/aromatic N) is 1. The normalized spacial score (nSPS) is 13.4. The molecule has 0 saturated heterocycles. The Bertz CT molecular complexity index is 1140. The van der Waals surface area contributed by atoms with Gasteiger partial charge in [-0.05, 0) is 42.4 Å². The number of carbonyl (C=O) groups excluding carboxylic acids is 1. The number of ether oxygens (including phenoxy) is 1. The number of nitrogens with one attached hydrogen (secondary N) is 1. The number of esters is 1. The minimum absolute atomic E-state index is 0.119. The van der Waals surface area contributed by atoms with E-state index in [-0.39, 0.29) is 11.5 Å². The molecule has 3 aromatic rings. The highest BCUT2D eigenvalue weighted by Crippen LogP contribution is 2.35. The Hall–Kier alpha value is -2.51. The van der Waals surface area contributed by atoms with Gasteiger partial charge in [0, 0.05) is 18.2 Å². The molecule has 0 saturated carbocycles. The predicted octanol–water partition coefficient (Wildman–Crippen LogP) is 3.96. The number of carbonyl (C=O) groups is 1. The summed E-state index contributed by atoms with van der Waals surface area (Å²) < 4.78 is 7.10. The Morgan fingerprint density at radius 1 is 1.28 bits per heavy atom. The lowest BCUT2D eigenvalue weighted by molar-refractivity contribution is -0.136. The summed E-state index contributed by atoms with van der Waals surface area (Å²) >= 11 is 6.86. The second-order valence-electron chi connectivity index (χ2n) is 5.76. The number of hydrogen-bond donors (Lipinski definition) is 1. The number of benzene rings is 1. The molecule has 2 heterocycles. The average Bonchev–Trinajstić information content (AvgIpc) is 2.92. The van der Waals surface area contributed by atoms with Gasteiger partial charge in [-0.2, -0.15) is 0 Å². The lowest BCUT2D eigenvalue weighted by Crippen LogP contribution is -2.20. The number of thiophene rings is 1. The zero-order valence-electron chi connectivity index (χ0n) is 13.4. The summed E-state index contributed by atoms with van der Waals surface area (Å²) in [5, 5.41) is 0.663. The van der Waals surface area contributed by atoms with Crippen LogP contribution in [0, 0.1) is 4.77 Å². The zero-order chi connectivity index (χ0) is 17.6. The number of aromatic nitrogens is 2. The van der Waals surface area contributed by atoms with E-state index in [1.165, 1.54) is 22.8 Å². The summed E-state index contributed by atoms with van der Waals surface area (Å²) in [4.78, 5) is 29.1. The molecule has 0 aliphatic heterocycles. The molecule has 0 radical (unpaired) electrons. The van der Waals surface area contributed by atoms with Gasteiger partial charge in [0.2, 0.25) is 0 Å². The molecule has 126 valence electrons. The van der Waals surface area contributed by atoms with Crippen LogP contribution in [0.25, 0.3) is 22.0 Å². The minimum Gasteiger partial charge on any atom is -0.431 e. The van der Waals surface area contributed by atoms with E-state index in [4.69, 9.17) is 17.0 Å². The van der Waals surface area contributed by atoms with Crippen LogP contribution in [0.3, 0.4) is 0 Å². The van der Waals surface area contributed by atoms with E-state index in [0.717, 1.165) is 21.0 Å². The minimum atomic E-state index is -0.332. The number of aromatic amines is 1. The molecular weight excluding hydrogens is 356 g/mol. The SMILES string of the molecule is CC(=O)OC1=Cc2sc3[nH]c(=S)n(-c4ccccc4)c(=O)c3c2CC1. The first-order valence-electron chi connectivity index (χ1n) is 7.79. The molecule has 0 spiro atoms. The maximum Gasteiger partial charge on any atom is 0.307 e. The third kappa shape index (κ3) is 2.75. The fourth-order valence-electron chi connectivity index (χ4n) is 3.06. The van der Waals surface area contributed by atoms with Crippen molar-refractivity contribution in [3.8, 4) is 5.69 Å². The van der Waals surface area contributed by atoms with E-state index in [9.17, 15) is 9.59 Å². The van der Waals surface area contributed by atoms with Crippen LogP contribution in [-0.2, 0) is 16.0 Å². The van der Waals surface area contributed by atoms with Gasteiger partial charge in [-0.15, -0.1) is 11.3 Å². The monoisotopic (exact) mass is 370 g/mol. The Morgan fingerprint density at radius 2 is 2.04 bits per heavy atom. The van der Waals surface area contributed by atoms with Gasteiger partial charge in [0.1, 0.15) is 10.6 Å². The predicted molar refractivity (Wildman–Crippen MR) is 101 cm³/mol. The van der Waals surface area contributed by atoms with E-state index < -0.39 is 0 Å². The molecular formula is C18H14N2O3S2. The fourth-order valence-corrected chi connectivity index (χ4v) is 4.62. The van der Waals surface area contributed by atoms with Gasteiger partial charge in [0.15, 0.2) is 4.77 Å². The van der Waals surface area contributed by atoms with Crippen LogP contribution < -0.4 is 5.56 Å². The maximum atomic E-state index is 13.1. The van der Waals surface area contributed by atoms with Gasteiger partial charge in [0.05, 0.1) is 11.1 Å². The number of hydrogen-bond acceptors (Lipinski definition) is 5. The fraction of sp³-hybridized carbons (Fsp3) is 0.167. The largest absolute Gasteiger partial charge is 0.431 e. The molecule has 0 atom stereocenters. The number of para-hydroxylation sites is 1. The Balaban J connectivity index is 1.95. The molecule has 7 heteroatoms. The summed E-state index contributed by atoms with van der Waals surface area (Å²) in [7, 11) is 0. The van der Waals surface area contributed by atoms with Crippen LogP contribution in [0.1, 0.15) is 23.8 Å². The second kappa shape index (κ2) is 6.09. The van der Waals surface area contributed by atoms with Crippen molar-refractivity contribution in [1.29, 1.82) is 0 Å². The summed E-state index contributed by atoms with van der Waals surface area (Å²) in [6.45, 7) is 1.39. The summed E-state index contributed by atoms with van der Waals surface area (Å²) in [6, 6.07) is 9.35. The third-order valence-electron chi connectivity index (χ3n) is 4.08. The molecule has 0 amide bonds. The number of rotatable bonds is 2. The maximum absolute atomic E-state index is 13.1. The van der Waals surface area contributed by atoms with Gasteiger partial charge in [-0.25, -0.2) is 0 Å². The number of aryl methyl sites for hydroxylation is 1. The number of allylic oxidation sites excluding steroid dienone is 1. The Kier molecular flexibility index (Phi) is 3.89. The Labute approximate surface area is 152 Å². The first kappa shape index (κ1) is 16.0. The first-order valence-corrected chi connectivity index (χ1v) is 9.02. The first-order chi connectivity index (χ1) is 12.0. The summed E-state index contributed by atoms with van der Waals surface area (Å²) in [5.74, 6) is 0.301. The van der Waals surface area contributed by atoms with Crippen LogP contribution >= 0.6 is 23.6 Å². The van der Waals surface area contributed by atoms with E-state index in [2.05, 4.69) is 4.98 Å². The van der Waals surface area contributed by atoms with Gasteiger partial charge in [-0.3, -0.25) is 14.2 Å². The molecule has 0 fully saturated rings. The van der Waals surface area contributed by atoms with E-state index >= 15 is 0 Å². The number of fused-ring (bicyclic) bond motifs is 3. The molecule has 0 unspecified atom stereocenters. The van der Waals surface area contributed by atoms with Gasteiger partial charge < -0.3 is 9.72 Å². The van der Waals surface area contributed by atoms with E-state index in [0.29, 0.717) is 28.8 Å². The van der Waals surface area contributed by atoms with Crippen molar-refractivity contribution in [2.45, 2.75) is 19.8 Å². The molecule has 2 aromatic heterocycles. The summed E-state index contributed by atoms with van der Waals surface area (Å²) in [6.07, 6.45) is 3.09. The van der Waals surface area contributed by atoms with Crippen LogP contribution in [-0.4, -0.2) is 15.5 Å². The van der Waals surface area contributed by atoms with Crippen molar-refractivity contribution < 1.29 is 9.53 Å². The highest BCUT2D eigenvalue weighted by Gasteiger charge is 2.22. The van der Waals surface area contributed by atoms with Crippen molar-refractivity contribution in [2.75, 3.05) is 0 Å². The van der Waals surface area contributed by atoms with E-state index in [1.54, 1.807) is 0 Å². The quantitative estimate of drug-likeness (QED) is 0.548. The molecule has 1 aliphatic rings. The highest BCUT2D eigenvalue weighted by atomic mass is 32.1. The molecule has 4 rings (SSSR count). The molecule has 5 nitrogen and oxygen atoms in total. The van der Waals surface area contributed by atoms with Gasteiger partial charge in [-0.1, -0.05) is 18.2 Å². The highest BCUT2D eigenvalue weighted by molar-refractivity contribution is 7.71. The van der Waals surface area contributed by atoms with Crippen LogP contribution in [0.4, 0.5) is 0 Å². The van der Waals surface area contributed by atoms with Crippen molar-refractivity contribution in [2.24, 2.45) is 0 Å². The topological polar surface area (TPSA) is 64.1 Å². The lowest BCUT2D eigenvalue weighted by atomic mass is 10.0. The third-order valence-corrected chi connectivity index (χ3v) is 5.46. The zero-order valence-corrected chi connectivity index (χ0v) is 15.0. The molecule has 25 heavy (non-hydrogen) atoms. The second-order valence-corrected chi connectivity index (χ2v) is 7.20. The molecule has 0 bridgehead atoms. The summed E-state index contributed by atoms with van der Waals surface area (Å²) in [5.41, 5.74) is 1.60. The van der Waals surface area contributed by atoms with Crippen LogP contribution in [0.2, 0.25) is 0 Å². The Morgan fingerprint density at radius 3 is 2.76 bits per heavy atom. The van der Waals surface area contributed by atoms with Crippen molar-refractivity contribution in [3.05, 3.63) is 61.7 Å². The smallest absolute Gasteiger partial charge is 0.307 e. The van der Waals surface area contributed by atoms with Gasteiger partial charge >= 0.3 is 5.97 Å². The van der Waals surface area contributed by atoms with Crippen molar-refractivity contribution >= 4 is 45.8 Å². The van der Waals surface area contributed by atoms with Crippen LogP contribution in [0.5, 0.6) is 0 Å². The number of H-pyrrole nitrogens is 1. The average molecular weight is 370 g/mol. The van der Waals surface area contributed by atoms with E-state index in [1.807, 2.05) is 36.4 Å². The van der Waals surface area contributed by atoms with Crippen molar-refractivity contribution in [1.82, 2.24) is 9.55 Å². The molecule has 1 aliphatic carbocycles. The molecule has 1 aromatic carbocycles.